The number of thiophene rings is 1. The number of carbonyl (C=O) groups excluding carboxylic acids is 1. The van der Waals surface area contributed by atoms with Gasteiger partial charge in [-0.15, -0.1) is 11.3 Å². The zero-order valence-corrected chi connectivity index (χ0v) is 15.9. The fraction of sp³-hybridized carbons (Fsp3) is 0.588. The van der Waals surface area contributed by atoms with Crippen LogP contribution in [-0.2, 0) is 19.1 Å². The monoisotopic (exact) mass is 394 g/mol. The van der Waals surface area contributed by atoms with E-state index in [2.05, 4.69) is 10.5 Å². The number of nitrogens with one attached hydrogen (secondary N) is 1. The second-order valence-corrected chi connectivity index (χ2v) is 7.88. The maximum Gasteiger partial charge on any atom is 0.478 e. The van der Waals surface area contributed by atoms with Gasteiger partial charge in [-0.2, -0.15) is 0 Å². The number of hydrogen-bond donors (Lipinski definition) is 3. The van der Waals surface area contributed by atoms with Crippen molar-refractivity contribution in [1.29, 1.82) is 0 Å². The number of carbonyl (C=O) groups is 2. The number of hydrogen-bond acceptors (Lipinski definition) is 7. The predicted molar refractivity (Wildman–Crippen MR) is 100 cm³/mol. The molecule has 4 atom stereocenters. The fourth-order valence-corrected chi connectivity index (χ4v) is 4.81. The number of aliphatic carboxylic acids is 1. The van der Waals surface area contributed by atoms with Crippen molar-refractivity contribution in [3.05, 3.63) is 22.4 Å². The van der Waals surface area contributed by atoms with Gasteiger partial charge in [0.15, 0.2) is 5.71 Å². The third kappa shape index (κ3) is 4.69. The second-order valence-electron chi connectivity index (χ2n) is 6.93. The molecule has 2 fully saturated rings. The molecule has 8 nitrogen and oxygen atoms in total. The van der Waals surface area contributed by atoms with Crippen molar-refractivity contribution in [3.8, 4) is 0 Å². The molecule has 27 heavy (non-hydrogen) atoms. The van der Waals surface area contributed by atoms with Crippen LogP contribution in [0.1, 0.15) is 37.0 Å². The summed E-state index contributed by atoms with van der Waals surface area (Å²) in [5, 5.41) is 28.1. The highest BCUT2D eigenvalue weighted by Crippen LogP contribution is 2.41. The van der Waals surface area contributed by atoms with Crippen LogP contribution in [0.3, 0.4) is 0 Å². The minimum Gasteiger partial charge on any atom is -0.481 e. The average molecular weight is 394 g/mol. The fourth-order valence-electron chi connectivity index (χ4n) is 4.11. The maximum atomic E-state index is 12.7. The van der Waals surface area contributed by atoms with Crippen molar-refractivity contribution in [2.45, 2.75) is 44.1 Å². The van der Waals surface area contributed by atoms with Crippen LogP contribution in [0, 0.1) is 11.8 Å². The summed E-state index contributed by atoms with van der Waals surface area (Å²) in [5.74, 6) is -1.75. The van der Waals surface area contributed by atoms with E-state index in [1.807, 2.05) is 11.4 Å². The van der Waals surface area contributed by atoms with Gasteiger partial charge in [0.1, 0.15) is 7.11 Å². The van der Waals surface area contributed by atoms with Crippen LogP contribution in [-0.4, -0.2) is 54.0 Å². The van der Waals surface area contributed by atoms with Crippen molar-refractivity contribution < 1.29 is 29.2 Å². The van der Waals surface area contributed by atoms with Gasteiger partial charge in [0.25, 0.3) is 5.91 Å². The van der Waals surface area contributed by atoms with Crippen LogP contribution < -0.4 is 5.32 Å². The molecule has 2 heterocycles. The lowest BCUT2D eigenvalue weighted by Gasteiger charge is -2.24. The summed E-state index contributed by atoms with van der Waals surface area (Å²) in [7, 11) is 0.0976. The SMILES string of the molecule is CO/N=C(/C(=O)N[C@H]1CC2CCCC2[C@H](CC(=O)O)OB1O)c1cccs1. The van der Waals surface area contributed by atoms with Gasteiger partial charge in [0, 0.05) is 0 Å². The Balaban J connectivity index is 1.75. The lowest BCUT2D eigenvalue weighted by Crippen LogP contribution is -2.50. The first-order chi connectivity index (χ1) is 13.0. The molecule has 1 aromatic rings. The summed E-state index contributed by atoms with van der Waals surface area (Å²) < 4.78 is 5.67. The summed E-state index contributed by atoms with van der Waals surface area (Å²) in [6, 6.07) is 3.57. The van der Waals surface area contributed by atoms with Gasteiger partial charge in [-0.1, -0.05) is 24.1 Å². The van der Waals surface area contributed by atoms with Gasteiger partial charge in [-0.05, 0) is 36.1 Å². The number of amides is 1. The molecule has 1 amide bonds. The maximum absolute atomic E-state index is 12.7. The molecule has 3 rings (SSSR count). The first-order valence-electron chi connectivity index (χ1n) is 9.00. The molecule has 0 spiro atoms. The predicted octanol–water partition coefficient (Wildman–Crippen LogP) is 1.28. The van der Waals surface area contributed by atoms with E-state index in [4.69, 9.17) is 14.6 Å². The summed E-state index contributed by atoms with van der Waals surface area (Å²) in [4.78, 5) is 29.3. The molecule has 1 aliphatic heterocycles. The van der Waals surface area contributed by atoms with Crippen LogP contribution in [0.5, 0.6) is 0 Å². The van der Waals surface area contributed by atoms with E-state index in [0.29, 0.717) is 11.3 Å². The number of rotatable bonds is 6. The van der Waals surface area contributed by atoms with E-state index in [-0.39, 0.29) is 24.0 Å². The number of carboxylic acid groups (broad SMARTS) is 1. The smallest absolute Gasteiger partial charge is 0.478 e. The minimum atomic E-state index is -1.27. The van der Waals surface area contributed by atoms with Crippen LogP contribution >= 0.6 is 11.3 Å². The Labute approximate surface area is 161 Å². The highest BCUT2D eigenvalue weighted by Gasteiger charge is 2.45. The van der Waals surface area contributed by atoms with E-state index >= 15 is 0 Å². The molecule has 0 aromatic carbocycles. The Morgan fingerprint density at radius 3 is 2.96 bits per heavy atom. The highest BCUT2D eigenvalue weighted by molar-refractivity contribution is 7.13. The highest BCUT2D eigenvalue weighted by atomic mass is 32.1. The zero-order valence-electron chi connectivity index (χ0n) is 15.0. The molecule has 10 heteroatoms. The molecule has 0 bridgehead atoms. The van der Waals surface area contributed by atoms with E-state index < -0.39 is 31.0 Å². The Morgan fingerprint density at radius 2 is 2.30 bits per heavy atom. The van der Waals surface area contributed by atoms with Crippen LogP contribution in [0.2, 0.25) is 0 Å². The van der Waals surface area contributed by atoms with Gasteiger partial charge < -0.3 is 24.9 Å². The van der Waals surface area contributed by atoms with Crippen molar-refractivity contribution in [2.75, 3.05) is 7.11 Å². The molecule has 3 N–H and O–H groups in total. The largest absolute Gasteiger partial charge is 0.481 e. The molecular formula is C17H23BN2O6S. The first-order valence-corrected chi connectivity index (χ1v) is 9.88. The summed E-state index contributed by atoms with van der Waals surface area (Å²) in [5.41, 5.74) is 0.133. The average Bonchev–Trinajstić information content (AvgIpc) is 3.27. The summed E-state index contributed by atoms with van der Waals surface area (Å²) in [6.07, 6.45) is 2.66. The zero-order chi connectivity index (χ0) is 19.4. The standard InChI is InChI=1S/C17H23BN2O6S/c1-25-20-16(13-6-3-7-27-13)17(23)19-14-8-10-4-2-5-11(10)12(9-15(21)22)26-18(14)24/h3,6-7,10-12,14,24H,2,4-5,8-9H2,1H3,(H,19,23)(H,21,22)/b20-16+/t10?,11?,12-,14-/m0/s1. The van der Waals surface area contributed by atoms with Crippen molar-refractivity contribution in [2.24, 2.45) is 17.0 Å². The number of nitrogens with zero attached hydrogens (tertiary/aromatic N) is 1. The van der Waals surface area contributed by atoms with Crippen LogP contribution in [0.15, 0.2) is 22.7 Å². The Morgan fingerprint density at radius 1 is 1.48 bits per heavy atom. The molecule has 1 aromatic heterocycles. The molecule has 0 radical (unpaired) electrons. The van der Waals surface area contributed by atoms with Gasteiger partial charge in [0.05, 0.1) is 23.3 Å². The van der Waals surface area contributed by atoms with E-state index in [9.17, 15) is 14.6 Å². The van der Waals surface area contributed by atoms with E-state index in [1.165, 1.54) is 18.4 Å². The molecule has 2 unspecified atom stereocenters. The third-order valence-corrected chi connectivity index (χ3v) is 6.13. The Kier molecular flexibility index (Phi) is 6.51. The molecule has 1 saturated heterocycles. The number of carboxylic acids is 1. The van der Waals surface area contributed by atoms with E-state index in [1.54, 1.807) is 6.07 Å². The molecule has 2 aliphatic rings. The number of fused-ring (bicyclic) bond motifs is 1. The van der Waals surface area contributed by atoms with Crippen molar-refractivity contribution in [3.63, 3.8) is 0 Å². The Hall–Kier alpha value is -1.91. The van der Waals surface area contributed by atoms with E-state index in [0.717, 1.165) is 19.3 Å². The van der Waals surface area contributed by atoms with Gasteiger partial charge >= 0.3 is 13.1 Å². The van der Waals surface area contributed by atoms with Gasteiger partial charge in [0.2, 0.25) is 0 Å². The van der Waals surface area contributed by atoms with Crippen molar-refractivity contribution in [1.82, 2.24) is 5.32 Å². The molecule has 146 valence electrons. The lowest BCUT2D eigenvalue weighted by molar-refractivity contribution is -0.139. The second kappa shape index (κ2) is 8.86. The Bertz CT molecular complexity index is 698. The molecular weight excluding hydrogens is 371 g/mol. The van der Waals surface area contributed by atoms with Gasteiger partial charge in [-0.3, -0.25) is 9.59 Å². The molecule has 1 saturated carbocycles. The van der Waals surface area contributed by atoms with Crippen LogP contribution in [0.4, 0.5) is 0 Å². The lowest BCUT2D eigenvalue weighted by atomic mass is 9.74. The van der Waals surface area contributed by atoms with Crippen LogP contribution in [0.25, 0.3) is 0 Å². The quantitative estimate of drug-likeness (QED) is 0.380. The minimum absolute atomic E-state index is 0.0852. The summed E-state index contributed by atoms with van der Waals surface area (Å²) >= 11 is 1.36. The third-order valence-electron chi connectivity index (χ3n) is 5.26. The topological polar surface area (TPSA) is 117 Å². The normalized spacial score (nSPS) is 28.4. The number of oxime groups is 1. The molecule has 1 aliphatic carbocycles. The first kappa shape index (κ1) is 19.8. The van der Waals surface area contributed by atoms with Crippen molar-refractivity contribution >= 4 is 36.0 Å². The van der Waals surface area contributed by atoms with Gasteiger partial charge in [-0.25, -0.2) is 0 Å². The summed E-state index contributed by atoms with van der Waals surface area (Å²) in [6.45, 7) is 0.